The lowest BCUT2D eigenvalue weighted by molar-refractivity contribution is 0.0588. The third-order valence-corrected chi connectivity index (χ3v) is 4.93. The van der Waals surface area contributed by atoms with Gasteiger partial charge < -0.3 is 15.0 Å². The van der Waals surface area contributed by atoms with Crippen LogP contribution in [0.2, 0.25) is 0 Å². The van der Waals surface area contributed by atoms with Gasteiger partial charge in [0.2, 0.25) is 0 Å². The molecule has 0 amide bonds. The molecular weight excluding hydrogens is 332 g/mol. The second kappa shape index (κ2) is 7.06. The van der Waals surface area contributed by atoms with Crippen LogP contribution in [0, 0.1) is 6.92 Å². The zero-order valence-electron chi connectivity index (χ0n) is 13.8. The number of rotatable bonds is 6. The topological polar surface area (TPSA) is 101 Å². The van der Waals surface area contributed by atoms with E-state index in [1.165, 1.54) is 19.2 Å². The summed E-state index contributed by atoms with van der Waals surface area (Å²) in [6.07, 6.45) is 1.75. The minimum absolute atomic E-state index is 0.0855. The molecule has 2 N–H and O–H groups in total. The number of esters is 1. The Morgan fingerprint density at radius 3 is 2.46 bits per heavy atom. The number of hydrogen-bond acceptors (Lipinski definition) is 6. The van der Waals surface area contributed by atoms with Crippen molar-refractivity contribution >= 4 is 21.8 Å². The standard InChI is InChI=1S/C16H20N2O5S/c1-11-4-6-12(7-5-11)24(20,21)23-9-8-13-14(17)10-18(2)15(13)16(19)22-3/h4-7,10H,8-9,17H2,1-3H3. The zero-order valence-corrected chi connectivity index (χ0v) is 14.6. The van der Waals surface area contributed by atoms with Gasteiger partial charge in [0.05, 0.1) is 24.3 Å². The van der Waals surface area contributed by atoms with Crippen LogP contribution in [0.25, 0.3) is 0 Å². The number of carbonyl (C=O) groups excluding carboxylic acids is 1. The number of aryl methyl sites for hydroxylation is 2. The van der Waals surface area contributed by atoms with Crippen LogP contribution in [-0.4, -0.2) is 32.7 Å². The lowest BCUT2D eigenvalue weighted by Gasteiger charge is -2.08. The van der Waals surface area contributed by atoms with E-state index in [-0.39, 0.29) is 23.6 Å². The van der Waals surface area contributed by atoms with Gasteiger partial charge in [0, 0.05) is 25.2 Å². The van der Waals surface area contributed by atoms with E-state index in [1.807, 2.05) is 6.92 Å². The first-order chi connectivity index (χ1) is 11.3. The number of nitrogens with zero attached hydrogens (tertiary/aromatic N) is 1. The Balaban J connectivity index is 2.12. The van der Waals surface area contributed by atoms with Gasteiger partial charge in [0.1, 0.15) is 5.69 Å². The number of hydrogen-bond donors (Lipinski definition) is 1. The van der Waals surface area contributed by atoms with Crippen molar-refractivity contribution in [2.75, 3.05) is 19.5 Å². The molecule has 7 nitrogen and oxygen atoms in total. The van der Waals surface area contributed by atoms with E-state index in [9.17, 15) is 13.2 Å². The number of benzene rings is 1. The molecule has 0 aliphatic heterocycles. The van der Waals surface area contributed by atoms with E-state index >= 15 is 0 Å². The number of carbonyl (C=O) groups is 1. The molecule has 1 aromatic heterocycles. The van der Waals surface area contributed by atoms with Crippen molar-refractivity contribution in [3.8, 4) is 0 Å². The maximum atomic E-state index is 12.1. The average molecular weight is 352 g/mol. The highest BCUT2D eigenvalue weighted by molar-refractivity contribution is 7.86. The molecule has 0 radical (unpaired) electrons. The molecule has 0 unspecified atom stereocenters. The van der Waals surface area contributed by atoms with Gasteiger partial charge in [-0.1, -0.05) is 17.7 Å². The van der Waals surface area contributed by atoms with Gasteiger partial charge in [-0.2, -0.15) is 8.42 Å². The van der Waals surface area contributed by atoms with Crippen LogP contribution < -0.4 is 5.73 Å². The van der Waals surface area contributed by atoms with E-state index < -0.39 is 16.1 Å². The average Bonchev–Trinajstić information content (AvgIpc) is 2.81. The van der Waals surface area contributed by atoms with E-state index in [0.717, 1.165) is 5.56 Å². The van der Waals surface area contributed by atoms with Crippen molar-refractivity contribution in [2.45, 2.75) is 18.2 Å². The summed E-state index contributed by atoms with van der Waals surface area (Å²) < 4.78 is 35.6. The highest BCUT2D eigenvalue weighted by Gasteiger charge is 2.21. The predicted molar refractivity (Wildman–Crippen MR) is 89.2 cm³/mol. The Hall–Kier alpha value is -2.32. The Morgan fingerprint density at radius 1 is 1.25 bits per heavy atom. The molecule has 2 rings (SSSR count). The lowest BCUT2D eigenvalue weighted by Crippen LogP contribution is -2.13. The first-order valence-corrected chi connectivity index (χ1v) is 8.65. The third kappa shape index (κ3) is 3.77. The molecule has 0 bridgehead atoms. The van der Waals surface area contributed by atoms with Crippen LogP contribution in [0.3, 0.4) is 0 Å². The fourth-order valence-corrected chi connectivity index (χ4v) is 3.26. The molecule has 0 saturated carbocycles. The maximum Gasteiger partial charge on any atom is 0.355 e. The molecule has 0 spiro atoms. The summed E-state index contributed by atoms with van der Waals surface area (Å²) in [5.41, 5.74) is 8.00. The number of anilines is 1. The van der Waals surface area contributed by atoms with E-state index in [0.29, 0.717) is 11.3 Å². The molecule has 0 atom stereocenters. The highest BCUT2D eigenvalue weighted by Crippen LogP contribution is 2.21. The smallest absolute Gasteiger partial charge is 0.355 e. The number of aromatic nitrogens is 1. The predicted octanol–water partition coefficient (Wildman–Crippen LogP) is 1.65. The Kier molecular flexibility index (Phi) is 5.30. The van der Waals surface area contributed by atoms with Gasteiger partial charge in [-0.3, -0.25) is 4.18 Å². The first-order valence-electron chi connectivity index (χ1n) is 7.24. The minimum atomic E-state index is -3.86. The fourth-order valence-electron chi connectivity index (χ4n) is 2.35. The molecule has 0 fully saturated rings. The summed E-state index contributed by atoms with van der Waals surface area (Å²) in [5.74, 6) is -0.536. The quantitative estimate of drug-likeness (QED) is 0.627. The zero-order chi connectivity index (χ0) is 17.9. The largest absolute Gasteiger partial charge is 0.464 e. The van der Waals surface area contributed by atoms with Crippen LogP contribution in [0.15, 0.2) is 35.4 Å². The van der Waals surface area contributed by atoms with Crippen molar-refractivity contribution in [1.29, 1.82) is 0 Å². The normalized spacial score (nSPS) is 11.5. The van der Waals surface area contributed by atoms with Crippen LogP contribution >= 0.6 is 0 Å². The molecule has 0 aliphatic carbocycles. The van der Waals surface area contributed by atoms with Crippen molar-refractivity contribution in [2.24, 2.45) is 7.05 Å². The Bertz CT molecular complexity index is 838. The molecular formula is C16H20N2O5S. The van der Waals surface area contributed by atoms with Gasteiger partial charge >= 0.3 is 5.97 Å². The summed E-state index contributed by atoms with van der Waals surface area (Å²) in [4.78, 5) is 11.9. The molecule has 130 valence electrons. The Morgan fingerprint density at radius 2 is 1.88 bits per heavy atom. The van der Waals surface area contributed by atoms with Crippen molar-refractivity contribution in [3.63, 3.8) is 0 Å². The van der Waals surface area contributed by atoms with Crippen LogP contribution in [0.4, 0.5) is 5.69 Å². The van der Waals surface area contributed by atoms with Gasteiger partial charge in [-0.25, -0.2) is 4.79 Å². The van der Waals surface area contributed by atoms with E-state index in [2.05, 4.69) is 0 Å². The fraction of sp³-hybridized carbons (Fsp3) is 0.312. The first kappa shape index (κ1) is 18.0. The van der Waals surface area contributed by atoms with Gasteiger partial charge in [-0.15, -0.1) is 0 Å². The van der Waals surface area contributed by atoms with Gasteiger partial charge in [0.25, 0.3) is 10.1 Å². The highest BCUT2D eigenvalue weighted by atomic mass is 32.2. The molecule has 1 heterocycles. The van der Waals surface area contributed by atoms with Crippen LogP contribution in [-0.2, 0) is 32.5 Å². The molecule has 2 aromatic rings. The SMILES string of the molecule is COC(=O)c1c(CCOS(=O)(=O)c2ccc(C)cc2)c(N)cn1C. The molecule has 1 aromatic carbocycles. The lowest BCUT2D eigenvalue weighted by atomic mass is 10.1. The van der Waals surface area contributed by atoms with Crippen LogP contribution in [0.1, 0.15) is 21.6 Å². The second-order valence-corrected chi connectivity index (χ2v) is 6.97. The van der Waals surface area contributed by atoms with Crippen molar-refractivity contribution in [3.05, 3.63) is 47.3 Å². The molecule has 8 heteroatoms. The number of nitrogen functional groups attached to an aromatic ring is 1. The number of ether oxygens (including phenoxy) is 1. The minimum Gasteiger partial charge on any atom is -0.464 e. The summed E-state index contributed by atoms with van der Waals surface area (Å²) in [7, 11) is -0.921. The van der Waals surface area contributed by atoms with Gasteiger partial charge in [-0.05, 0) is 19.1 Å². The van der Waals surface area contributed by atoms with Crippen molar-refractivity contribution < 1.29 is 22.1 Å². The van der Waals surface area contributed by atoms with Crippen LogP contribution in [0.5, 0.6) is 0 Å². The number of nitrogens with two attached hydrogens (primary N) is 1. The maximum absolute atomic E-state index is 12.1. The molecule has 0 saturated heterocycles. The van der Waals surface area contributed by atoms with Gasteiger partial charge in [0.15, 0.2) is 0 Å². The molecule has 24 heavy (non-hydrogen) atoms. The van der Waals surface area contributed by atoms with Crippen molar-refractivity contribution in [1.82, 2.24) is 4.57 Å². The van der Waals surface area contributed by atoms with E-state index in [1.54, 1.807) is 29.9 Å². The number of methoxy groups -OCH3 is 1. The Labute approximate surface area is 141 Å². The molecule has 0 aliphatic rings. The summed E-state index contributed by atoms with van der Waals surface area (Å²) >= 11 is 0. The summed E-state index contributed by atoms with van der Waals surface area (Å²) in [5, 5.41) is 0. The summed E-state index contributed by atoms with van der Waals surface area (Å²) in [6.45, 7) is 1.73. The van der Waals surface area contributed by atoms with E-state index in [4.69, 9.17) is 14.7 Å². The monoisotopic (exact) mass is 352 g/mol. The third-order valence-electron chi connectivity index (χ3n) is 3.60. The summed E-state index contributed by atoms with van der Waals surface area (Å²) in [6, 6.07) is 6.37. The second-order valence-electron chi connectivity index (χ2n) is 5.35.